The minimum absolute atomic E-state index is 0.0943. The Bertz CT molecular complexity index is 676. The number of hydrogen-bond donors (Lipinski definition) is 2. The van der Waals surface area contributed by atoms with Crippen LogP contribution in [0.5, 0.6) is 0 Å². The molecule has 2 N–H and O–H groups in total. The van der Waals surface area contributed by atoms with Crippen LogP contribution >= 0.6 is 20.7 Å². The van der Waals surface area contributed by atoms with Crippen molar-refractivity contribution in [1.82, 2.24) is 0 Å². The van der Waals surface area contributed by atoms with E-state index in [0.717, 1.165) is 10.3 Å². The summed E-state index contributed by atoms with van der Waals surface area (Å²) in [6.45, 7) is 1.92. The monoisotopic (exact) mass is 308 g/mol. The molecule has 0 saturated carbocycles. The van der Waals surface area contributed by atoms with E-state index in [0.29, 0.717) is 10.6 Å². The van der Waals surface area contributed by atoms with Crippen LogP contribution in [0.25, 0.3) is 0 Å². The Morgan fingerprint density at radius 3 is 2.60 bits per heavy atom. The lowest BCUT2D eigenvalue weighted by molar-refractivity contribution is 0.0526. The minimum Gasteiger partial charge on any atom is -0.462 e. The zero-order valence-corrected chi connectivity index (χ0v) is 12.3. The maximum atomic E-state index is 12.0. The van der Waals surface area contributed by atoms with Gasteiger partial charge in [-0.3, -0.25) is 10.2 Å². The predicted molar refractivity (Wildman–Crippen MR) is 78.4 cm³/mol. The van der Waals surface area contributed by atoms with Gasteiger partial charge in [-0.15, -0.1) is 0 Å². The number of amides is 1. The fraction of sp³-hybridized carbons (Fsp3) is 0.154. The van der Waals surface area contributed by atoms with E-state index in [9.17, 15) is 9.59 Å². The molecule has 0 spiro atoms. The largest absolute Gasteiger partial charge is 0.462 e. The van der Waals surface area contributed by atoms with Gasteiger partial charge in [-0.05, 0) is 19.1 Å². The number of esters is 1. The fourth-order valence-electron chi connectivity index (χ4n) is 1.51. The van der Waals surface area contributed by atoms with E-state index in [1.807, 2.05) is 6.07 Å². The second kappa shape index (κ2) is 6.44. The third-order valence-electron chi connectivity index (χ3n) is 2.41. The smallest absolute Gasteiger partial charge is 0.344 e. The summed E-state index contributed by atoms with van der Waals surface area (Å²) in [7, 11) is 2.29. The lowest BCUT2D eigenvalue weighted by Crippen LogP contribution is -2.18. The van der Waals surface area contributed by atoms with Crippen LogP contribution in [0.4, 0.5) is 5.00 Å². The van der Waals surface area contributed by atoms with Gasteiger partial charge >= 0.3 is 5.97 Å². The Hall–Kier alpha value is -1.99. The molecule has 0 atom stereocenters. The topological polar surface area (TPSA) is 79.2 Å². The van der Waals surface area contributed by atoms with Crippen molar-refractivity contribution in [1.29, 1.82) is 5.41 Å². The summed E-state index contributed by atoms with van der Waals surface area (Å²) in [5, 5.41) is 10.7. The van der Waals surface area contributed by atoms with Crippen molar-refractivity contribution in [2.24, 2.45) is 0 Å². The first-order chi connectivity index (χ1) is 9.63. The number of benzene rings is 1. The Morgan fingerprint density at radius 1 is 1.25 bits per heavy atom. The van der Waals surface area contributed by atoms with Crippen molar-refractivity contribution in [3.63, 3.8) is 0 Å². The van der Waals surface area contributed by atoms with E-state index in [2.05, 4.69) is 5.32 Å². The van der Waals surface area contributed by atoms with Gasteiger partial charge in [0.2, 0.25) is 0 Å². The number of carbonyl (C=O) groups excluding carboxylic acids is 2. The lowest BCUT2D eigenvalue weighted by Gasteiger charge is -2.05. The minimum atomic E-state index is -0.585. The van der Waals surface area contributed by atoms with Crippen LogP contribution in [0, 0.1) is 5.41 Å². The molecule has 0 fully saturated rings. The Morgan fingerprint density at radius 2 is 1.95 bits per heavy atom. The Labute approximate surface area is 122 Å². The Kier molecular flexibility index (Phi) is 4.65. The summed E-state index contributed by atoms with van der Waals surface area (Å²) in [5.41, 5.74) is 0.610. The predicted octanol–water partition coefficient (Wildman–Crippen LogP) is 2.72. The van der Waals surface area contributed by atoms with Crippen molar-refractivity contribution in [3.8, 4) is 0 Å². The molecule has 1 aromatic carbocycles. The number of hydrogen-bond acceptors (Lipinski definition) is 6. The van der Waals surface area contributed by atoms with Crippen LogP contribution in [-0.2, 0) is 4.74 Å². The van der Waals surface area contributed by atoms with E-state index in [1.54, 1.807) is 31.2 Å². The molecule has 7 heteroatoms. The highest BCUT2D eigenvalue weighted by atomic mass is 32.9. The van der Waals surface area contributed by atoms with Gasteiger partial charge in [-0.1, -0.05) is 38.9 Å². The van der Waals surface area contributed by atoms with Gasteiger partial charge in [-0.2, -0.15) is 0 Å². The molecule has 104 valence electrons. The van der Waals surface area contributed by atoms with E-state index in [-0.39, 0.29) is 22.7 Å². The molecule has 1 aromatic heterocycles. The van der Waals surface area contributed by atoms with Gasteiger partial charge in [0.1, 0.15) is 15.2 Å². The van der Waals surface area contributed by atoms with Gasteiger partial charge in [0.05, 0.1) is 6.61 Å². The third-order valence-corrected chi connectivity index (χ3v) is 4.58. The highest BCUT2D eigenvalue weighted by Gasteiger charge is 2.20. The van der Waals surface area contributed by atoms with Crippen LogP contribution in [0.3, 0.4) is 0 Å². The van der Waals surface area contributed by atoms with Crippen molar-refractivity contribution in [2.45, 2.75) is 6.92 Å². The zero-order chi connectivity index (χ0) is 14.5. The van der Waals surface area contributed by atoms with Gasteiger partial charge in [0.25, 0.3) is 5.91 Å². The van der Waals surface area contributed by atoms with Gasteiger partial charge in [0, 0.05) is 5.56 Å². The zero-order valence-electron chi connectivity index (χ0n) is 10.6. The molecule has 2 aromatic rings. The highest BCUT2D eigenvalue weighted by Crippen LogP contribution is 2.24. The second-order valence-electron chi connectivity index (χ2n) is 3.74. The molecule has 20 heavy (non-hydrogen) atoms. The number of anilines is 1. The lowest BCUT2D eigenvalue weighted by atomic mass is 10.2. The molecular formula is C13H12N2O3S2. The summed E-state index contributed by atoms with van der Waals surface area (Å²) in [6.07, 6.45) is 0. The summed E-state index contributed by atoms with van der Waals surface area (Å²) in [6, 6.07) is 8.69. The maximum absolute atomic E-state index is 12.0. The molecule has 0 radical (unpaired) electrons. The van der Waals surface area contributed by atoms with Crippen molar-refractivity contribution < 1.29 is 14.3 Å². The first kappa shape index (κ1) is 14.4. The van der Waals surface area contributed by atoms with Crippen LogP contribution in [0.2, 0.25) is 0 Å². The number of ether oxygens (including phenoxy) is 1. The first-order valence-corrected chi connectivity index (χ1v) is 7.99. The van der Waals surface area contributed by atoms with Crippen molar-refractivity contribution >= 4 is 37.6 Å². The van der Waals surface area contributed by atoms with E-state index in [4.69, 9.17) is 10.1 Å². The van der Waals surface area contributed by atoms with Gasteiger partial charge < -0.3 is 10.1 Å². The maximum Gasteiger partial charge on any atom is 0.344 e. The first-order valence-electron chi connectivity index (χ1n) is 5.84. The van der Waals surface area contributed by atoms with Crippen LogP contribution in [0.15, 0.2) is 30.3 Å². The molecule has 0 aliphatic rings. The SMILES string of the molecule is CCOC(=O)c1c(NC(=O)c2ccccc2)ssc1=N. The Balaban J connectivity index is 2.25. The number of rotatable bonds is 4. The average molecular weight is 308 g/mol. The molecule has 2 rings (SSSR count). The fourth-order valence-corrected chi connectivity index (χ4v) is 3.53. The summed E-state index contributed by atoms with van der Waals surface area (Å²) in [5.74, 6) is -0.899. The van der Waals surface area contributed by atoms with Crippen molar-refractivity contribution in [3.05, 3.63) is 46.1 Å². The van der Waals surface area contributed by atoms with Gasteiger partial charge in [0.15, 0.2) is 0 Å². The van der Waals surface area contributed by atoms with Crippen molar-refractivity contribution in [2.75, 3.05) is 11.9 Å². The number of nitrogens with one attached hydrogen (secondary N) is 2. The molecule has 0 bridgehead atoms. The quantitative estimate of drug-likeness (QED) is 0.673. The van der Waals surface area contributed by atoms with E-state index < -0.39 is 5.97 Å². The van der Waals surface area contributed by atoms with E-state index >= 15 is 0 Å². The molecular weight excluding hydrogens is 296 g/mol. The third kappa shape index (κ3) is 3.12. The summed E-state index contributed by atoms with van der Waals surface area (Å²) in [4.78, 5) is 23.8. The highest BCUT2D eigenvalue weighted by molar-refractivity contribution is 7.70. The molecule has 0 saturated heterocycles. The molecule has 0 aliphatic carbocycles. The second-order valence-corrected chi connectivity index (χ2v) is 5.89. The van der Waals surface area contributed by atoms with Crippen LogP contribution < -0.4 is 9.99 Å². The number of carbonyl (C=O) groups is 2. The molecule has 1 amide bonds. The molecule has 0 aliphatic heterocycles. The van der Waals surface area contributed by atoms with Crippen LogP contribution in [-0.4, -0.2) is 18.5 Å². The molecule has 1 heterocycles. The standard InChI is InChI=1S/C13H12N2O3S2/c1-2-18-13(17)9-10(14)19-20-12(9)15-11(16)8-6-4-3-5-7-8/h3-7,14H,2H2,1H3,(H,15,16). The molecule has 0 unspecified atom stereocenters. The molecule has 5 nitrogen and oxygen atoms in total. The summed E-state index contributed by atoms with van der Waals surface area (Å²) < 4.78 is 4.99. The van der Waals surface area contributed by atoms with Gasteiger partial charge in [-0.25, -0.2) is 4.79 Å². The normalized spacial score (nSPS) is 10.1. The van der Waals surface area contributed by atoms with E-state index in [1.165, 1.54) is 10.3 Å². The summed E-state index contributed by atoms with van der Waals surface area (Å²) >= 11 is 0. The van der Waals surface area contributed by atoms with Crippen LogP contribution in [0.1, 0.15) is 27.6 Å². The average Bonchev–Trinajstić information content (AvgIpc) is 2.81.